The molecule has 1 aliphatic heterocycles. The van der Waals surface area contributed by atoms with Gasteiger partial charge < -0.3 is 15.3 Å². The molecule has 2 N–H and O–H groups in total. The highest BCUT2D eigenvalue weighted by Gasteiger charge is 2.31. The maximum Gasteiger partial charge on any atom is 0.0436 e. The molecule has 0 spiro atoms. The van der Waals surface area contributed by atoms with E-state index in [-0.39, 0.29) is 0 Å². The molecule has 2 unspecified atom stereocenters. The molecule has 23 heavy (non-hydrogen) atoms. The predicted octanol–water partition coefficient (Wildman–Crippen LogP) is 3.81. The number of aliphatic hydroxyl groups excluding tert-OH is 1. The van der Waals surface area contributed by atoms with Gasteiger partial charge in [0.15, 0.2) is 0 Å². The molecule has 0 bridgehead atoms. The number of hydrogen-bond acceptors (Lipinski definition) is 3. The van der Waals surface area contributed by atoms with E-state index in [1.165, 1.54) is 51.6 Å². The van der Waals surface area contributed by atoms with E-state index in [2.05, 4.69) is 31.0 Å². The van der Waals surface area contributed by atoms with Crippen molar-refractivity contribution in [2.75, 3.05) is 26.2 Å². The van der Waals surface area contributed by atoms with E-state index in [0.717, 1.165) is 37.8 Å². The topological polar surface area (TPSA) is 35.5 Å². The van der Waals surface area contributed by atoms with Gasteiger partial charge in [-0.05, 0) is 69.4 Å². The largest absolute Gasteiger partial charge is 0.396 e. The standard InChI is InChI=1S/C20H40N2O/c1-4-20(5-2,12-15-23)16-21-18-10-13-22(14-11-18)19-9-7-6-8-17(19)3/h17-19,21,23H,4-16H2,1-3H3. The molecule has 2 aliphatic rings. The number of aliphatic hydroxyl groups is 1. The number of nitrogens with zero attached hydrogens (tertiary/aromatic N) is 1. The van der Waals surface area contributed by atoms with Crippen molar-refractivity contribution in [3.05, 3.63) is 0 Å². The number of rotatable bonds is 8. The molecular formula is C20H40N2O. The molecule has 2 atom stereocenters. The molecule has 1 saturated heterocycles. The maximum absolute atomic E-state index is 9.37. The number of likely N-dealkylation sites (tertiary alicyclic amines) is 1. The fourth-order valence-corrected chi connectivity index (χ4v) is 4.81. The summed E-state index contributed by atoms with van der Waals surface area (Å²) < 4.78 is 0. The van der Waals surface area contributed by atoms with Gasteiger partial charge in [-0.2, -0.15) is 0 Å². The Balaban J connectivity index is 1.76. The molecular weight excluding hydrogens is 284 g/mol. The summed E-state index contributed by atoms with van der Waals surface area (Å²) in [5, 5.41) is 13.2. The number of nitrogens with one attached hydrogen (secondary N) is 1. The zero-order valence-electron chi connectivity index (χ0n) is 15.8. The predicted molar refractivity (Wildman–Crippen MR) is 98.7 cm³/mol. The third-order valence-electron chi connectivity index (χ3n) is 6.97. The highest BCUT2D eigenvalue weighted by Crippen LogP contribution is 2.31. The highest BCUT2D eigenvalue weighted by atomic mass is 16.3. The Kier molecular flexibility index (Phi) is 7.84. The average molecular weight is 325 g/mol. The Morgan fingerprint density at radius 1 is 1.04 bits per heavy atom. The normalized spacial score (nSPS) is 28.2. The number of piperidine rings is 1. The summed E-state index contributed by atoms with van der Waals surface area (Å²) >= 11 is 0. The first kappa shape index (κ1) is 19.2. The SMILES string of the molecule is CCC(CC)(CCO)CNC1CCN(C2CCCCC2C)CC1. The van der Waals surface area contributed by atoms with Crippen molar-refractivity contribution < 1.29 is 5.11 Å². The van der Waals surface area contributed by atoms with E-state index in [9.17, 15) is 5.11 Å². The van der Waals surface area contributed by atoms with Crippen LogP contribution in [0.2, 0.25) is 0 Å². The summed E-state index contributed by atoms with van der Waals surface area (Å²) in [6.07, 6.45) is 11.6. The van der Waals surface area contributed by atoms with Crippen LogP contribution in [0.4, 0.5) is 0 Å². The molecule has 3 heteroatoms. The first-order valence-electron chi connectivity index (χ1n) is 10.2. The summed E-state index contributed by atoms with van der Waals surface area (Å²) in [7, 11) is 0. The molecule has 0 aromatic heterocycles. The molecule has 0 aromatic rings. The van der Waals surface area contributed by atoms with Crippen molar-refractivity contribution >= 4 is 0 Å². The van der Waals surface area contributed by atoms with Gasteiger partial charge >= 0.3 is 0 Å². The summed E-state index contributed by atoms with van der Waals surface area (Å²) in [4.78, 5) is 2.78. The first-order valence-corrected chi connectivity index (χ1v) is 10.2. The lowest BCUT2D eigenvalue weighted by atomic mass is 9.79. The van der Waals surface area contributed by atoms with Gasteiger partial charge in [-0.1, -0.05) is 33.6 Å². The fourth-order valence-electron chi connectivity index (χ4n) is 4.81. The van der Waals surface area contributed by atoms with Gasteiger partial charge in [-0.15, -0.1) is 0 Å². The molecule has 1 saturated carbocycles. The lowest BCUT2D eigenvalue weighted by molar-refractivity contribution is 0.0769. The summed E-state index contributed by atoms with van der Waals surface area (Å²) in [5.41, 5.74) is 0.295. The van der Waals surface area contributed by atoms with Crippen LogP contribution in [0.15, 0.2) is 0 Å². The summed E-state index contributed by atoms with van der Waals surface area (Å²) in [6.45, 7) is 10.9. The van der Waals surface area contributed by atoms with Crippen LogP contribution >= 0.6 is 0 Å². The number of hydrogen-bond donors (Lipinski definition) is 2. The van der Waals surface area contributed by atoms with E-state index < -0.39 is 0 Å². The summed E-state index contributed by atoms with van der Waals surface area (Å²) in [5.74, 6) is 0.894. The smallest absolute Gasteiger partial charge is 0.0436 e. The zero-order chi connectivity index (χ0) is 16.7. The molecule has 3 nitrogen and oxygen atoms in total. The van der Waals surface area contributed by atoms with E-state index in [4.69, 9.17) is 0 Å². The lowest BCUT2D eigenvalue weighted by Gasteiger charge is -2.43. The molecule has 2 rings (SSSR count). The fraction of sp³-hybridized carbons (Fsp3) is 1.00. The molecule has 1 aliphatic carbocycles. The second kappa shape index (κ2) is 9.39. The van der Waals surface area contributed by atoms with Gasteiger partial charge in [0.25, 0.3) is 0 Å². The minimum absolute atomic E-state index is 0.295. The average Bonchev–Trinajstić information content (AvgIpc) is 2.60. The van der Waals surface area contributed by atoms with Crippen molar-refractivity contribution in [3.63, 3.8) is 0 Å². The Labute approximate surface area is 144 Å². The van der Waals surface area contributed by atoms with Gasteiger partial charge in [0.05, 0.1) is 0 Å². The molecule has 0 amide bonds. The van der Waals surface area contributed by atoms with E-state index in [1.807, 2.05) is 0 Å². The van der Waals surface area contributed by atoms with Crippen LogP contribution < -0.4 is 5.32 Å². The zero-order valence-corrected chi connectivity index (χ0v) is 15.8. The van der Waals surface area contributed by atoms with Crippen molar-refractivity contribution in [1.82, 2.24) is 10.2 Å². The molecule has 0 radical (unpaired) electrons. The van der Waals surface area contributed by atoms with Crippen LogP contribution in [0, 0.1) is 11.3 Å². The van der Waals surface area contributed by atoms with Gasteiger partial charge in [0.2, 0.25) is 0 Å². The Morgan fingerprint density at radius 2 is 1.70 bits per heavy atom. The Bertz CT molecular complexity index is 322. The maximum atomic E-state index is 9.37. The minimum Gasteiger partial charge on any atom is -0.396 e. The van der Waals surface area contributed by atoms with Crippen LogP contribution in [0.5, 0.6) is 0 Å². The van der Waals surface area contributed by atoms with Crippen LogP contribution in [-0.4, -0.2) is 48.3 Å². The molecule has 2 fully saturated rings. The Morgan fingerprint density at radius 3 is 2.26 bits per heavy atom. The minimum atomic E-state index is 0.295. The molecule has 136 valence electrons. The van der Waals surface area contributed by atoms with E-state index in [1.54, 1.807) is 0 Å². The highest BCUT2D eigenvalue weighted by molar-refractivity contribution is 4.88. The van der Waals surface area contributed by atoms with Crippen molar-refractivity contribution in [3.8, 4) is 0 Å². The second-order valence-electron chi connectivity index (χ2n) is 8.20. The van der Waals surface area contributed by atoms with Gasteiger partial charge in [0.1, 0.15) is 0 Å². The quantitative estimate of drug-likeness (QED) is 0.713. The van der Waals surface area contributed by atoms with Crippen molar-refractivity contribution in [1.29, 1.82) is 0 Å². The van der Waals surface area contributed by atoms with Gasteiger partial charge in [-0.3, -0.25) is 0 Å². The first-order chi connectivity index (χ1) is 11.1. The Hall–Kier alpha value is -0.120. The van der Waals surface area contributed by atoms with Crippen LogP contribution in [0.25, 0.3) is 0 Å². The third kappa shape index (κ3) is 5.17. The van der Waals surface area contributed by atoms with Crippen molar-refractivity contribution in [2.45, 2.75) is 90.6 Å². The van der Waals surface area contributed by atoms with E-state index >= 15 is 0 Å². The monoisotopic (exact) mass is 324 g/mol. The van der Waals surface area contributed by atoms with Crippen LogP contribution in [0.1, 0.15) is 78.6 Å². The van der Waals surface area contributed by atoms with Crippen LogP contribution in [0.3, 0.4) is 0 Å². The van der Waals surface area contributed by atoms with E-state index in [0.29, 0.717) is 18.1 Å². The summed E-state index contributed by atoms with van der Waals surface area (Å²) in [6, 6.07) is 1.53. The van der Waals surface area contributed by atoms with Crippen LogP contribution in [-0.2, 0) is 0 Å². The van der Waals surface area contributed by atoms with Gasteiger partial charge in [0, 0.05) is 25.2 Å². The van der Waals surface area contributed by atoms with Gasteiger partial charge in [-0.25, -0.2) is 0 Å². The third-order valence-corrected chi connectivity index (χ3v) is 6.97. The molecule has 0 aromatic carbocycles. The van der Waals surface area contributed by atoms with Crippen molar-refractivity contribution in [2.24, 2.45) is 11.3 Å². The second-order valence-corrected chi connectivity index (χ2v) is 8.20. The lowest BCUT2D eigenvalue weighted by Crippen LogP contribution is -2.50. The molecule has 1 heterocycles.